The van der Waals surface area contributed by atoms with Crippen molar-refractivity contribution in [2.45, 2.75) is 23.3 Å². The summed E-state index contributed by atoms with van der Waals surface area (Å²) in [6.45, 7) is 1.67. The predicted molar refractivity (Wildman–Crippen MR) is 77.5 cm³/mol. The average molecular weight is 304 g/mol. The summed E-state index contributed by atoms with van der Waals surface area (Å²) in [4.78, 5) is 25.8. The van der Waals surface area contributed by atoms with Gasteiger partial charge in [0.1, 0.15) is 11.2 Å². The fourth-order valence-corrected chi connectivity index (χ4v) is 2.60. The second kappa shape index (κ2) is 6.36. The smallest absolute Gasteiger partial charge is 0.307 e. The number of nitro groups is 1. The number of aromatic nitrogens is 1. The molecule has 0 bridgehead atoms. The van der Waals surface area contributed by atoms with Crippen LogP contribution in [0, 0.1) is 17.0 Å². The maximum atomic E-state index is 10.7. The van der Waals surface area contributed by atoms with Crippen LogP contribution in [0.15, 0.2) is 46.5 Å². The van der Waals surface area contributed by atoms with Crippen LogP contribution in [0.2, 0.25) is 0 Å². The van der Waals surface area contributed by atoms with Gasteiger partial charge < -0.3 is 5.11 Å². The predicted octanol–water partition coefficient (Wildman–Crippen LogP) is 3.08. The summed E-state index contributed by atoms with van der Waals surface area (Å²) in [7, 11) is 0. The van der Waals surface area contributed by atoms with Crippen molar-refractivity contribution in [2.75, 3.05) is 0 Å². The maximum Gasteiger partial charge on any atom is 0.307 e. The molecule has 0 saturated heterocycles. The summed E-state index contributed by atoms with van der Waals surface area (Å²) >= 11 is 1.37. The molecule has 0 atom stereocenters. The molecule has 0 aliphatic heterocycles. The van der Waals surface area contributed by atoms with Crippen LogP contribution in [-0.2, 0) is 11.2 Å². The number of carbonyl (C=O) groups is 1. The molecule has 0 aliphatic carbocycles. The zero-order valence-electron chi connectivity index (χ0n) is 11.1. The topological polar surface area (TPSA) is 93.3 Å². The van der Waals surface area contributed by atoms with Crippen molar-refractivity contribution in [1.82, 2.24) is 4.98 Å². The Kier molecular flexibility index (Phi) is 4.54. The molecule has 2 rings (SSSR count). The first kappa shape index (κ1) is 15.0. The number of aryl methyl sites for hydroxylation is 1. The fraction of sp³-hybridized carbons (Fsp3) is 0.143. The molecule has 0 aliphatic rings. The van der Waals surface area contributed by atoms with Gasteiger partial charge in [-0.25, -0.2) is 4.98 Å². The van der Waals surface area contributed by atoms with Gasteiger partial charge in [-0.05, 0) is 30.7 Å². The molecule has 2 aromatic rings. The number of aliphatic carboxylic acids is 1. The normalized spacial score (nSPS) is 10.3. The third kappa shape index (κ3) is 4.03. The van der Waals surface area contributed by atoms with Crippen molar-refractivity contribution in [3.05, 3.63) is 57.8 Å². The van der Waals surface area contributed by atoms with Crippen molar-refractivity contribution in [1.29, 1.82) is 0 Å². The minimum atomic E-state index is -0.872. The molecule has 21 heavy (non-hydrogen) atoms. The Labute approximate surface area is 125 Å². The van der Waals surface area contributed by atoms with Crippen LogP contribution < -0.4 is 0 Å². The molecular formula is C14H12N2O4S. The van der Waals surface area contributed by atoms with Crippen LogP contribution >= 0.6 is 11.8 Å². The number of carboxylic acids is 1. The number of rotatable bonds is 5. The molecule has 0 spiro atoms. The Hall–Kier alpha value is -2.41. The zero-order valence-corrected chi connectivity index (χ0v) is 12.0. The van der Waals surface area contributed by atoms with E-state index in [1.807, 2.05) is 0 Å². The summed E-state index contributed by atoms with van der Waals surface area (Å²) < 4.78 is 0. The molecule has 1 N–H and O–H groups in total. The first-order valence-electron chi connectivity index (χ1n) is 6.05. The van der Waals surface area contributed by atoms with Crippen LogP contribution in [0.25, 0.3) is 0 Å². The molecule has 1 heterocycles. The van der Waals surface area contributed by atoms with Crippen molar-refractivity contribution in [3.63, 3.8) is 0 Å². The Morgan fingerprint density at radius 2 is 2.05 bits per heavy atom. The number of hydrogen-bond donors (Lipinski definition) is 1. The lowest BCUT2D eigenvalue weighted by Crippen LogP contribution is -1.99. The van der Waals surface area contributed by atoms with Gasteiger partial charge in [-0.15, -0.1) is 0 Å². The highest BCUT2D eigenvalue weighted by Gasteiger charge is 2.12. The minimum absolute atomic E-state index is 0.00356. The van der Waals surface area contributed by atoms with Crippen molar-refractivity contribution < 1.29 is 14.8 Å². The first-order valence-corrected chi connectivity index (χ1v) is 6.87. The van der Waals surface area contributed by atoms with Crippen molar-refractivity contribution in [3.8, 4) is 0 Å². The molecule has 108 valence electrons. The second-order valence-corrected chi connectivity index (χ2v) is 5.48. The van der Waals surface area contributed by atoms with E-state index >= 15 is 0 Å². The molecule has 0 unspecified atom stereocenters. The Morgan fingerprint density at radius 3 is 2.57 bits per heavy atom. The lowest BCUT2D eigenvalue weighted by atomic mass is 10.2. The SMILES string of the molecule is Cc1cc(Sc2ccc(CC(=O)O)cc2)ncc1[N+](=O)[O-]. The first-order chi connectivity index (χ1) is 9.95. The lowest BCUT2D eigenvalue weighted by Gasteiger charge is -2.04. The number of hydrogen-bond acceptors (Lipinski definition) is 5. The summed E-state index contributed by atoms with van der Waals surface area (Å²) in [6, 6.07) is 8.76. The summed E-state index contributed by atoms with van der Waals surface area (Å²) in [5, 5.41) is 20.1. The summed E-state index contributed by atoms with van der Waals surface area (Å²) in [6.07, 6.45) is 1.23. The summed E-state index contributed by atoms with van der Waals surface area (Å²) in [5.74, 6) is -0.872. The van der Waals surface area contributed by atoms with Crippen LogP contribution in [0.1, 0.15) is 11.1 Å². The van der Waals surface area contributed by atoms with Gasteiger partial charge in [-0.2, -0.15) is 0 Å². The highest BCUT2D eigenvalue weighted by atomic mass is 32.2. The molecule has 1 aromatic heterocycles. The van der Waals surface area contributed by atoms with Gasteiger partial charge in [0.15, 0.2) is 0 Å². The average Bonchev–Trinajstić information content (AvgIpc) is 2.40. The standard InChI is InChI=1S/C14H12N2O4S/c1-9-6-13(15-8-12(9)16(19)20)21-11-4-2-10(3-5-11)7-14(17)18/h2-6,8H,7H2,1H3,(H,17,18). The third-order valence-corrected chi connectivity index (χ3v) is 3.70. The maximum absolute atomic E-state index is 10.7. The largest absolute Gasteiger partial charge is 0.481 e. The van der Waals surface area contributed by atoms with Crippen LogP contribution in [0.3, 0.4) is 0 Å². The Bertz CT molecular complexity index is 686. The van der Waals surface area contributed by atoms with Gasteiger partial charge in [-0.3, -0.25) is 14.9 Å². The highest BCUT2D eigenvalue weighted by molar-refractivity contribution is 7.99. The monoisotopic (exact) mass is 304 g/mol. The molecule has 0 saturated carbocycles. The van der Waals surface area contributed by atoms with E-state index in [1.54, 1.807) is 37.3 Å². The van der Waals surface area contributed by atoms with Gasteiger partial charge in [0, 0.05) is 10.5 Å². The van der Waals surface area contributed by atoms with E-state index in [-0.39, 0.29) is 12.1 Å². The van der Waals surface area contributed by atoms with E-state index in [1.165, 1.54) is 18.0 Å². The van der Waals surface area contributed by atoms with Gasteiger partial charge in [-0.1, -0.05) is 23.9 Å². The molecule has 1 aromatic carbocycles. The van der Waals surface area contributed by atoms with Crippen molar-refractivity contribution >= 4 is 23.4 Å². The number of pyridine rings is 1. The molecule has 7 heteroatoms. The third-order valence-electron chi connectivity index (χ3n) is 2.76. The van der Waals surface area contributed by atoms with E-state index in [0.29, 0.717) is 10.6 Å². The summed E-state index contributed by atoms with van der Waals surface area (Å²) in [5.41, 5.74) is 1.27. The van der Waals surface area contributed by atoms with Gasteiger partial charge in [0.2, 0.25) is 0 Å². The molecule has 0 amide bonds. The highest BCUT2D eigenvalue weighted by Crippen LogP contribution is 2.29. The molecule has 6 nitrogen and oxygen atoms in total. The number of benzene rings is 1. The van der Waals surface area contributed by atoms with Crippen LogP contribution in [0.4, 0.5) is 5.69 Å². The lowest BCUT2D eigenvalue weighted by molar-refractivity contribution is -0.385. The second-order valence-electron chi connectivity index (χ2n) is 4.38. The van der Waals surface area contributed by atoms with Crippen molar-refractivity contribution in [2.24, 2.45) is 0 Å². The van der Waals surface area contributed by atoms with E-state index in [2.05, 4.69) is 4.98 Å². The number of nitrogens with zero attached hydrogens (tertiary/aromatic N) is 2. The Morgan fingerprint density at radius 1 is 1.38 bits per heavy atom. The van der Waals surface area contributed by atoms with E-state index in [4.69, 9.17) is 5.11 Å². The quantitative estimate of drug-likeness (QED) is 0.674. The molecule has 0 fully saturated rings. The van der Waals surface area contributed by atoms with Gasteiger partial charge in [0.05, 0.1) is 11.3 Å². The van der Waals surface area contributed by atoms with Gasteiger partial charge in [0.25, 0.3) is 5.69 Å². The zero-order chi connectivity index (χ0) is 15.4. The minimum Gasteiger partial charge on any atom is -0.481 e. The van der Waals surface area contributed by atoms with Crippen LogP contribution in [0.5, 0.6) is 0 Å². The van der Waals surface area contributed by atoms with E-state index in [0.717, 1.165) is 10.5 Å². The molecule has 0 radical (unpaired) electrons. The Balaban J connectivity index is 2.13. The van der Waals surface area contributed by atoms with E-state index < -0.39 is 10.9 Å². The van der Waals surface area contributed by atoms with E-state index in [9.17, 15) is 14.9 Å². The van der Waals surface area contributed by atoms with Gasteiger partial charge >= 0.3 is 5.97 Å². The number of carboxylic acid groups (broad SMARTS) is 1. The fourth-order valence-electron chi connectivity index (χ4n) is 1.74. The molecular weight excluding hydrogens is 292 g/mol. The van der Waals surface area contributed by atoms with Crippen LogP contribution in [-0.4, -0.2) is 21.0 Å².